The van der Waals surface area contributed by atoms with Crippen LogP contribution >= 0.6 is 22.6 Å². The zero-order valence-electron chi connectivity index (χ0n) is 11.1. The van der Waals surface area contributed by atoms with Crippen LogP contribution < -0.4 is 0 Å². The van der Waals surface area contributed by atoms with E-state index < -0.39 is 0 Å². The predicted molar refractivity (Wildman–Crippen MR) is 90.1 cm³/mol. The average molecular weight is 386 g/mol. The third kappa shape index (κ3) is 2.83. The monoisotopic (exact) mass is 386 g/mol. The van der Waals surface area contributed by atoms with E-state index in [1.54, 1.807) is 6.07 Å². The van der Waals surface area contributed by atoms with Crippen LogP contribution in [-0.4, -0.2) is 10.4 Å². The number of ketones is 1. The smallest absolute Gasteiger partial charge is 0.182 e. The van der Waals surface area contributed by atoms with E-state index in [-0.39, 0.29) is 12.3 Å². The van der Waals surface area contributed by atoms with E-state index in [9.17, 15) is 4.79 Å². The van der Waals surface area contributed by atoms with Crippen molar-refractivity contribution in [1.82, 2.24) is 4.57 Å². The van der Waals surface area contributed by atoms with E-state index >= 15 is 0 Å². The first kappa shape index (κ1) is 13.8. The molecule has 1 aromatic heterocycles. The molecule has 3 aromatic rings. The Morgan fingerprint density at radius 2 is 1.90 bits per heavy atom. The molecule has 3 rings (SSSR count). The lowest BCUT2D eigenvalue weighted by molar-refractivity contribution is 0.0973. The Kier molecular flexibility index (Phi) is 3.76. The van der Waals surface area contributed by atoms with Gasteiger partial charge in [0, 0.05) is 20.8 Å². The number of carbonyl (C=O) groups excluding carboxylic acids is 1. The number of nitriles is 1. The first-order valence-corrected chi connectivity index (χ1v) is 7.53. The van der Waals surface area contributed by atoms with Gasteiger partial charge < -0.3 is 4.57 Å². The molecule has 102 valence electrons. The van der Waals surface area contributed by atoms with E-state index in [0.29, 0.717) is 11.1 Å². The van der Waals surface area contributed by atoms with Gasteiger partial charge in [0.05, 0.1) is 18.2 Å². The Bertz CT molecular complexity index is 857. The summed E-state index contributed by atoms with van der Waals surface area (Å²) >= 11 is 2.21. The van der Waals surface area contributed by atoms with Gasteiger partial charge in [0.1, 0.15) is 0 Å². The van der Waals surface area contributed by atoms with Crippen molar-refractivity contribution in [1.29, 1.82) is 5.26 Å². The molecule has 0 bridgehead atoms. The Balaban J connectivity index is 1.93. The van der Waals surface area contributed by atoms with Gasteiger partial charge in [-0.2, -0.15) is 5.26 Å². The van der Waals surface area contributed by atoms with Crippen LogP contribution in [0.15, 0.2) is 54.7 Å². The number of halogens is 1. The van der Waals surface area contributed by atoms with Crippen molar-refractivity contribution in [2.24, 2.45) is 0 Å². The Labute approximate surface area is 136 Å². The first-order valence-electron chi connectivity index (χ1n) is 6.45. The summed E-state index contributed by atoms with van der Waals surface area (Å²) in [5.41, 5.74) is 2.21. The Morgan fingerprint density at radius 1 is 1.14 bits per heavy atom. The zero-order valence-corrected chi connectivity index (χ0v) is 13.2. The molecule has 0 saturated heterocycles. The molecule has 0 aliphatic carbocycles. The van der Waals surface area contributed by atoms with Gasteiger partial charge in [-0.15, -0.1) is 0 Å². The molecule has 0 atom stereocenters. The quantitative estimate of drug-likeness (QED) is 0.505. The van der Waals surface area contributed by atoms with E-state index in [1.807, 2.05) is 53.2 Å². The molecule has 0 N–H and O–H groups in total. The highest BCUT2D eigenvalue weighted by atomic mass is 127. The molecule has 0 spiro atoms. The Morgan fingerprint density at radius 3 is 2.62 bits per heavy atom. The fourth-order valence-corrected chi connectivity index (χ4v) is 2.63. The molecule has 0 saturated carbocycles. The largest absolute Gasteiger partial charge is 0.340 e. The molecule has 0 radical (unpaired) electrons. The first-order chi connectivity index (χ1) is 10.2. The molecule has 4 heteroatoms. The Hall–Kier alpha value is -2.13. The number of hydrogen-bond donors (Lipinski definition) is 0. The van der Waals surface area contributed by atoms with Crippen molar-refractivity contribution in [3.05, 3.63) is 69.4 Å². The second-order valence-corrected chi connectivity index (χ2v) is 6.00. The molecule has 1 heterocycles. The van der Waals surface area contributed by atoms with Gasteiger partial charge in [0.25, 0.3) is 0 Å². The minimum atomic E-state index is 0.0614. The van der Waals surface area contributed by atoms with Crippen molar-refractivity contribution in [3.8, 4) is 6.07 Å². The van der Waals surface area contributed by atoms with Crippen LogP contribution in [0.4, 0.5) is 0 Å². The van der Waals surface area contributed by atoms with Crippen molar-refractivity contribution in [3.63, 3.8) is 0 Å². The summed E-state index contributed by atoms with van der Waals surface area (Å²) in [7, 11) is 0. The maximum atomic E-state index is 12.3. The summed E-state index contributed by atoms with van der Waals surface area (Å²) in [6.45, 7) is 0.277. The predicted octanol–water partition coefficient (Wildman–Crippen LogP) is 4.00. The number of hydrogen-bond acceptors (Lipinski definition) is 2. The number of Topliss-reactive ketones (excluding diaryl/α,β-unsaturated/α-hetero) is 1. The number of aromatic nitrogens is 1. The van der Waals surface area contributed by atoms with E-state index in [0.717, 1.165) is 14.5 Å². The lowest BCUT2D eigenvalue weighted by Gasteiger charge is -2.05. The minimum absolute atomic E-state index is 0.0614. The summed E-state index contributed by atoms with van der Waals surface area (Å²) in [5, 5.41) is 10.0. The third-order valence-electron chi connectivity index (χ3n) is 3.38. The van der Waals surface area contributed by atoms with Crippen LogP contribution in [0, 0.1) is 14.9 Å². The van der Waals surface area contributed by atoms with Crippen molar-refractivity contribution < 1.29 is 4.79 Å². The number of nitrogens with zero attached hydrogens (tertiary/aromatic N) is 2. The summed E-state index contributed by atoms with van der Waals surface area (Å²) in [6.07, 6.45) is 1.89. The molecule has 0 fully saturated rings. The maximum absolute atomic E-state index is 12.3. The van der Waals surface area contributed by atoms with E-state index in [2.05, 4.69) is 28.7 Å². The highest BCUT2D eigenvalue weighted by molar-refractivity contribution is 14.1. The van der Waals surface area contributed by atoms with Crippen LogP contribution in [0.2, 0.25) is 0 Å². The van der Waals surface area contributed by atoms with Gasteiger partial charge in [0.2, 0.25) is 0 Å². The standard InChI is InChI=1S/C17H11IN2O/c18-15-5-3-14(4-6-15)17(21)11-20-8-7-13-2-1-12(10-19)9-16(13)20/h1-9H,11H2. The summed E-state index contributed by atoms with van der Waals surface area (Å²) in [6, 6.07) is 17.1. The third-order valence-corrected chi connectivity index (χ3v) is 4.10. The molecule has 0 aliphatic rings. The topological polar surface area (TPSA) is 45.8 Å². The van der Waals surface area contributed by atoms with Crippen LogP contribution in [-0.2, 0) is 6.54 Å². The number of benzene rings is 2. The zero-order chi connectivity index (χ0) is 14.8. The lowest BCUT2D eigenvalue weighted by Crippen LogP contribution is -2.09. The normalized spacial score (nSPS) is 10.5. The van der Waals surface area contributed by atoms with Gasteiger partial charge in [-0.1, -0.05) is 18.2 Å². The van der Waals surface area contributed by atoms with E-state index in [4.69, 9.17) is 5.26 Å². The lowest BCUT2D eigenvalue weighted by atomic mass is 10.1. The van der Waals surface area contributed by atoms with E-state index in [1.165, 1.54) is 0 Å². The fraction of sp³-hybridized carbons (Fsp3) is 0.0588. The van der Waals surface area contributed by atoms with Crippen LogP contribution in [0.3, 0.4) is 0 Å². The van der Waals surface area contributed by atoms with Crippen molar-refractivity contribution in [2.75, 3.05) is 0 Å². The average Bonchev–Trinajstić information content (AvgIpc) is 2.90. The molecule has 21 heavy (non-hydrogen) atoms. The SMILES string of the molecule is N#Cc1ccc2ccn(CC(=O)c3ccc(I)cc3)c2c1. The van der Waals surface area contributed by atoms with Gasteiger partial charge in [-0.05, 0) is 58.3 Å². The summed E-state index contributed by atoms with van der Waals surface area (Å²) < 4.78 is 2.99. The summed E-state index contributed by atoms with van der Waals surface area (Å²) in [4.78, 5) is 12.3. The highest BCUT2D eigenvalue weighted by Crippen LogP contribution is 2.18. The van der Waals surface area contributed by atoms with Crippen LogP contribution in [0.25, 0.3) is 10.9 Å². The van der Waals surface area contributed by atoms with Gasteiger partial charge >= 0.3 is 0 Å². The molecule has 0 unspecified atom stereocenters. The molecule has 0 amide bonds. The van der Waals surface area contributed by atoms with Crippen molar-refractivity contribution in [2.45, 2.75) is 6.54 Å². The number of carbonyl (C=O) groups is 1. The second-order valence-electron chi connectivity index (χ2n) is 4.76. The molecular weight excluding hydrogens is 375 g/mol. The van der Waals surface area contributed by atoms with Crippen LogP contribution in [0.1, 0.15) is 15.9 Å². The highest BCUT2D eigenvalue weighted by Gasteiger charge is 2.09. The number of fused-ring (bicyclic) bond motifs is 1. The minimum Gasteiger partial charge on any atom is -0.340 e. The van der Waals surface area contributed by atoms with Gasteiger partial charge in [0.15, 0.2) is 5.78 Å². The molecule has 3 nitrogen and oxygen atoms in total. The van der Waals surface area contributed by atoms with Crippen molar-refractivity contribution >= 4 is 39.3 Å². The summed E-state index contributed by atoms with van der Waals surface area (Å²) in [5.74, 6) is 0.0614. The molecule has 2 aromatic carbocycles. The number of rotatable bonds is 3. The second kappa shape index (κ2) is 5.70. The van der Waals surface area contributed by atoms with Gasteiger partial charge in [-0.25, -0.2) is 0 Å². The molecular formula is C17H11IN2O. The molecule has 0 aliphatic heterocycles. The van der Waals surface area contributed by atoms with Crippen LogP contribution in [0.5, 0.6) is 0 Å². The van der Waals surface area contributed by atoms with Gasteiger partial charge in [-0.3, -0.25) is 4.79 Å². The fourth-order valence-electron chi connectivity index (χ4n) is 2.27. The maximum Gasteiger partial charge on any atom is 0.182 e.